The highest BCUT2D eigenvalue weighted by Gasteiger charge is 2.14. The van der Waals surface area contributed by atoms with Crippen molar-refractivity contribution in [1.29, 1.82) is 0 Å². The SMILES string of the molecule is CCCCOc1cccc(OCc2ccccc2)c1S(C)=O. The Balaban J connectivity index is 2.15. The maximum Gasteiger partial charge on any atom is 0.139 e. The lowest BCUT2D eigenvalue weighted by Gasteiger charge is -2.14. The van der Waals surface area contributed by atoms with Crippen LogP contribution in [-0.4, -0.2) is 17.1 Å². The summed E-state index contributed by atoms with van der Waals surface area (Å²) in [7, 11) is -1.17. The Morgan fingerprint density at radius 2 is 1.64 bits per heavy atom. The standard InChI is InChI=1S/C18H22O3S/c1-3-4-13-20-16-11-8-12-17(18(16)22(2)19)21-14-15-9-6-5-7-10-15/h5-12H,3-4,13-14H2,1-2H3. The molecule has 0 aliphatic heterocycles. The second kappa shape index (κ2) is 8.59. The zero-order valence-electron chi connectivity index (χ0n) is 13.1. The van der Waals surface area contributed by atoms with Gasteiger partial charge in [-0.3, -0.25) is 4.21 Å². The third-order valence-electron chi connectivity index (χ3n) is 3.22. The fourth-order valence-electron chi connectivity index (χ4n) is 2.07. The first-order valence-corrected chi connectivity index (χ1v) is 9.04. The number of ether oxygens (including phenoxy) is 2. The summed E-state index contributed by atoms with van der Waals surface area (Å²) in [6.07, 6.45) is 3.69. The van der Waals surface area contributed by atoms with Crippen LogP contribution in [-0.2, 0) is 17.4 Å². The molecule has 1 unspecified atom stereocenters. The summed E-state index contributed by atoms with van der Waals surface area (Å²) in [5, 5.41) is 0. The van der Waals surface area contributed by atoms with E-state index in [2.05, 4.69) is 6.92 Å². The van der Waals surface area contributed by atoms with Gasteiger partial charge in [-0.25, -0.2) is 0 Å². The van der Waals surface area contributed by atoms with Crippen molar-refractivity contribution in [2.24, 2.45) is 0 Å². The Morgan fingerprint density at radius 3 is 2.27 bits per heavy atom. The lowest BCUT2D eigenvalue weighted by atomic mass is 10.2. The summed E-state index contributed by atoms with van der Waals surface area (Å²) in [4.78, 5) is 0.634. The predicted molar refractivity (Wildman–Crippen MR) is 90.0 cm³/mol. The van der Waals surface area contributed by atoms with Gasteiger partial charge in [0.1, 0.15) is 23.0 Å². The Bertz CT molecular complexity index is 611. The van der Waals surface area contributed by atoms with Crippen molar-refractivity contribution < 1.29 is 13.7 Å². The zero-order chi connectivity index (χ0) is 15.8. The van der Waals surface area contributed by atoms with Crippen LogP contribution < -0.4 is 9.47 Å². The number of hydrogen-bond acceptors (Lipinski definition) is 3. The topological polar surface area (TPSA) is 35.5 Å². The summed E-state index contributed by atoms with van der Waals surface area (Å²) >= 11 is 0. The third-order valence-corrected chi connectivity index (χ3v) is 4.20. The van der Waals surface area contributed by atoms with Crippen LogP contribution in [0.15, 0.2) is 53.4 Å². The smallest absolute Gasteiger partial charge is 0.139 e. The first-order chi connectivity index (χ1) is 10.7. The molecule has 0 heterocycles. The summed E-state index contributed by atoms with van der Waals surface area (Å²) in [5.74, 6) is 1.28. The fraction of sp³-hybridized carbons (Fsp3) is 0.333. The van der Waals surface area contributed by atoms with Crippen LogP contribution in [0, 0.1) is 0 Å². The van der Waals surface area contributed by atoms with E-state index in [0.29, 0.717) is 29.6 Å². The van der Waals surface area contributed by atoms with E-state index in [9.17, 15) is 4.21 Å². The quantitative estimate of drug-likeness (QED) is 0.685. The average Bonchev–Trinajstić information content (AvgIpc) is 2.54. The van der Waals surface area contributed by atoms with Crippen LogP contribution in [0.25, 0.3) is 0 Å². The van der Waals surface area contributed by atoms with Crippen molar-refractivity contribution in [2.75, 3.05) is 12.9 Å². The van der Waals surface area contributed by atoms with Crippen molar-refractivity contribution >= 4 is 10.8 Å². The molecule has 0 radical (unpaired) electrons. The zero-order valence-corrected chi connectivity index (χ0v) is 13.9. The van der Waals surface area contributed by atoms with Gasteiger partial charge in [0.05, 0.1) is 17.4 Å². The molecule has 0 amide bonds. The maximum atomic E-state index is 12.1. The first kappa shape index (κ1) is 16.6. The second-order valence-corrected chi connectivity index (χ2v) is 6.33. The molecule has 0 aliphatic carbocycles. The molecule has 0 fully saturated rings. The van der Waals surface area contributed by atoms with Gasteiger partial charge in [0.2, 0.25) is 0 Å². The van der Waals surface area contributed by atoms with Crippen LogP contribution in [0.4, 0.5) is 0 Å². The average molecular weight is 318 g/mol. The van der Waals surface area contributed by atoms with Crippen LogP contribution >= 0.6 is 0 Å². The highest BCUT2D eigenvalue weighted by atomic mass is 32.2. The van der Waals surface area contributed by atoms with Gasteiger partial charge < -0.3 is 9.47 Å². The maximum absolute atomic E-state index is 12.1. The summed E-state index contributed by atoms with van der Waals surface area (Å²) in [6, 6.07) is 15.5. The van der Waals surface area contributed by atoms with Gasteiger partial charge in [0.25, 0.3) is 0 Å². The Kier molecular flexibility index (Phi) is 6.46. The molecule has 22 heavy (non-hydrogen) atoms. The molecular weight excluding hydrogens is 296 g/mol. The molecular formula is C18H22O3S. The van der Waals surface area contributed by atoms with E-state index in [-0.39, 0.29) is 0 Å². The molecule has 0 bridgehead atoms. The summed E-state index contributed by atoms with van der Waals surface area (Å²) in [6.45, 7) is 3.19. The van der Waals surface area contributed by atoms with Gasteiger partial charge in [-0.05, 0) is 24.1 Å². The minimum atomic E-state index is -1.17. The van der Waals surface area contributed by atoms with Crippen molar-refractivity contribution in [3.05, 3.63) is 54.1 Å². The van der Waals surface area contributed by atoms with Crippen molar-refractivity contribution in [1.82, 2.24) is 0 Å². The molecule has 1 atom stereocenters. The van der Waals surface area contributed by atoms with E-state index >= 15 is 0 Å². The predicted octanol–water partition coefficient (Wildman–Crippen LogP) is 4.18. The molecule has 3 nitrogen and oxygen atoms in total. The van der Waals surface area contributed by atoms with Gasteiger partial charge in [-0.2, -0.15) is 0 Å². The first-order valence-electron chi connectivity index (χ1n) is 7.48. The van der Waals surface area contributed by atoms with Crippen LogP contribution in [0.3, 0.4) is 0 Å². The Morgan fingerprint density at radius 1 is 0.955 bits per heavy atom. The van der Waals surface area contributed by atoms with E-state index in [1.54, 1.807) is 6.26 Å². The highest BCUT2D eigenvalue weighted by Crippen LogP contribution is 2.32. The van der Waals surface area contributed by atoms with E-state index in [1.165, 1.54) is 0 Å². The highest BCUT2D eigenvalue weighted by molar-refractivity contribution is 7.84. The second-order valence-electron chi connectivity index (χ2n) is 5.01. The number of benzene rings is 2. The van der Waals surface area contributed by atoms with Crippen molar-refractivity contribution in [3.8, 4) is 11.5 Å². The molecule has 118 valence electrons. The normalized spacial score (nSPS) is 11.9. The fourth-order valence-corrected chi connectivity index (χ4v) is 2.89. The minimum Gasteiger partial charge on any atom is -0.492 e. The molecule has 2 aromatic carbocycles. The van der Waals surface area contributed by atoms with Gasteiger partial charge in [-0.1, -0.05) is 49.7 Å². The monoisotopic (exact) mass is 318 g/mol. The molecule has 0 aromatic heterocycles. The molecule has 0 saturated carbocycles. The minimum absolute atomic E-state index is 0.448. The van der Waals surface area contributed by atoms with E-state index in [0.717, 1.165) is 18.4 Å². The van der Waals surface area contributed by atoms with Gasteiger partial charge in [0.15, 0.2) is 0 Å². The summed E-state index contributed by atoms with van der Waals surface area (Å²) in [5.41, 5.74) is 1.08. The molecule has 4 heteroatoms. The molecule has 0 saturated heterocycles. The Labute approximate surface area is 134 Å². The van der Waals surface area contributed by atoms with E-state index in [1.807, 2.05) is 48.5 Å². The van der Waals surface area contributed by atoms with Crippen molar-refractivity contribution in [2.45, 2.75) is 31.3 Å². The molecule has 0 aliphatic rings. The number of hydrogen-bond donors (Lipinski definition) is 0. The number of unbranched alkanes of at least 4 members (excludes halogenated alkanes) is 1. The van der Waals surface area contributed by atoms with Crippen LogP contribution in [0.2, 0.25) is 0 Å². The molecule has 2 aromatic rings. The van der Waals surface area contributed by atoms with Crippen molar-refractivity contribution in [3.63, 3.8) is 0 Å². The molecule has 0 N–H and O–H groups in total. The lowest BCUT2D eigenvalue weighted by molar-refractivity contribution is 0.278. The van der Waals surface area contributed by atoms with Gasteiger partial charge in [-0.15, -0.1) is 0 Å². The van der Waals surface area contributed by atoms with E-state index < -0.39 is 10.8 Å². The van der Waals surface area contributed by atoms with Crippen LogP contribution in [0.1, 0.15) is 25.3 Å². The lowest BCUT2D eigenvalue weighted by Crippen LogP contribution is -2.04. The number of rotatable bonds is 8. The largest absolute Gasteiger partial charge is 0.492 e. The molecule has 0 spiro atoms. The van der Waals surface area contributed by atoms with Crippen LogP contribution in [0.5, 0.6) is 11.5 Å². The van der Waals surface area contributed by atoms with E-state index in [4.69, 9.17) is 9.47 Å². The third kappa shape index (κ3) is 4.60. The molecule has 2 rings (SSSR count). The summed E-state index contributed by atoms with van der Waals surface area (Å²) < 4.78 is 23.7. The van der Waals surface area contributed by atoms with Gasteiger partial charge >= 0.3 is 0 Å². The Hall–Kier alpha value is -1.81. The van der Waals surface area contributed by atoms with Gasteiger partial charge in [0, 0.05) is 6.26 Å².